The molecule has 0 bridgehead atoms. The van der Waals surface area contributed by atoms with Crippen LogP contribution in [0.25, 0.3) is 11.3 Å². The van der Waals surface area contributed by atoms with Gasteiger partial charge in [0.1, 0.15) is 5.82 Å². The van der Waals surface area contributed by atoms with Gasteiger partial charge in [0, 0.05) is 62.9 Å². The smallest absolute Gasteiger partial charge is 0.255 e. The maximum absolute atomic E-state index is 12.5. The number of nitrogens with one attached hydrogen (secondary N) is 3. The summed E-state index contributed by atoms with van der Waals surface area (Å²) in [5.41, 5.74) is 5.55. The third-order valence-corrected chi connectivity index (χ3v) is 5.54. The van der Waals surface area contributed by atoms with E-state index in [1.54, 1.807) is 12.5 Å². The minimum atomic E-state index is -0.101. The van der Waals surface area contributed by atoms with Crippen LogP contribution >= 0.6 is 0 Å². The van der Waals surface area contributed by atoms with Crippen molar-refractivity contribution < 1.29 is 4.79 Å². The molecule has 5 rings (SSSR count). The maximum Gasteiger partial charge on any atom is 0.255 e. The van der Waals surface area contributed by atoms with Crippen LogP contribution in [0.1, 0.15) is 15.9 Å². The number of anilines is 3. The van der Waals surface area contributed by atoms with E-state index in [4.69, 9.17) is 0 Å². The second-order valence-electron chi connectivity index (χ2n) is 7.36. The van der Waals surface area contributed by atoms with E-state index in [0.717, 1.165) is 48.7 Å². The molecule has 0 spiro atoms. The fourth-order valence-corrected chi connectivity index (χ4v) is 3.98. The van der Waals surface area contributed by atoms with Gasteiger partial charge in [0.25, 0.3) is 5.91 Å². The molecule has 2 aliphatic rings. The second-order valence-corrected chi connectivity index (χ2v) is 7.36. The van der Waals surface area contributed by atoms with Crippen LogP contribution < -0.4 is 20.9 Å². The zero-order valence-electron chi connectivity index (χ0n) is 16.3. The van der Waals surface area contributed by atoms with Crippen LogP contribution in [0, 0.1) is 0 Å². The number of carbonyl (C=O) groups excluding carboxylic acids is 1. The lowest BCUT2D eigenvalue weighted by molar-refractivity contribution is 0.0966. The average Bonchev–Trinajstić information content (AvgIpc) is 3.36. The molecule has 4 heterocycles. The van der Waals surface area contributed by atoms with Gasteiger partial charge < -0.3 is 25.4 Å². The van der Waals surface area contributed by atoms with E-state index in [2.05, 4.69) is 43.0 Å². The van der Waals surface area contributed by atoms with Crippen molar-refractivity contribution >= 4 is 23.1 Å². The number of benzene rings is 1. The van der Waals surface area contributed by atoms with E-state index in [1.807, 2.05) is 29.9 Å². The second kappa shape index (κ2) is 7.21. The number of carbonyl (C=O) groups is 1. The van der Waals surface area contributed by atoms with Crippen molar-refractivity contribution in [3.63, 3.8) is 0 Å². The molecule has 0 atom stereocenters. The molecule has 1 aromatic carbocycles. The normalized spacial score (nSPS) is 15.9. The van der Waals surface area contributed by atoms with Crippen LogP contribution in [0.4, 0.5) is 17.2 Å². The lowest BCUT2D eigenvalue weighted by atomic mass is 10.0. The summed E-state index contributed by atoms with van der Waals surface area (Å²) in [7, 11) is 1.94. The molecular weight excluding hydrogens is 366 g/mol. The van der Waals surface area contributed by atoms with Crippen LogP contribution in [-0.2, 0) is 13.6 Å². The van der Waals surface area contributed by atoms with Crippen molar-refractivity contribution in [1.29, 1.82) is 0 Å². The Morgan fingerprint density at radius 2 is 1.90 bits per heavy atom. The quantitative estimate of drug-likeness (QED) is 0.632. The highest BCUT2D eigenvalue weighted by atomic mass is 16.1. The molecule has 1 saturated heterocycles. The summed E-state index contributed by atoms with van der Waals surface area (Å²) in [6, 6.07) is 8.29. The first-order chi connectivity index (χ1) is 14.2. The molecule has 2 aromatic heterocycles. The Kier molecular flexibility index (Phi) is 4.40. The first-order valence-corrected chi connectivity index (χ1v) is 9.80. The summed E-state index contributed by atoms with van der Waals surface area (Å²) in [6.07, 6.45) is 5.35. The predicted octanol–water partition coefficient (Wildman–Crippen LogP) is 1.88. The molecule has 1 amide bonds. The van der Waals surface area contributed by atoms with Gasteiger partial charge >= 0.3 is 0 Å². The molecule has 3 aromatic rings. The van der Waals surface area contributed by atoms with Gasteiger partial charge in [-0.25, -0.2) is 9.97 Å². The number of rotatable bonds is 4. The lowest BCUT2D eigenvalue weighted by Crippen LogP contribution is -2.43. The van der Waals surface area contributed by atoms with Gasteiger partial charge in [0.05, 0.1) is 23.8 Å². The molecule has 8 nitrogen and oxygen atoms in total. The number of pyridine rings is 1. The van der Waals surface area contributed by atoms with Gasteiger partial charge in [-0.3, -0.25) is 4.79 Å². The van der Waals surface area contributed by atoms with Crippen LogP contribution in [-0.4, -0.2) is 46.6 Å². The SMILES string of the molecule is Cn1cncc1-c1cnc(Nc2ccc(N3CCNCC3)cc2)c2c1CNC2=O. The summed E-state index contributed by atoms with van der Waals surface area (Å²) < 4.78 is 1.93. The molecule has 3 N–H and O–H groups in total. The standard InChI is InChI=1S/C21H23N7O/c1-27-13-23-12-18(27)16-10-24-20(19-17(16)11-25-21(19)29)26-14-2-4-15(5-3-14)28-8-6-22-7-9-28/h2-5,10,12-13,22H,6-9,11H2,1H3,(H,24,26)(H,25,29). The van der Waals surface area contributed by atoms with E-state index >= 15 is 0 Å². The maximum atomic E-state index is 12.5. The third-order valence-electron chi connectivity index (χ3n) is 5.54. The van der Waals surface area contributed by atoms with Gasteiger partial charge in [-0.2, -0.15) is 0 Å². The largest absolute Gasteiger partial charge is 0.369 e. The predicted molar refractivity (Wildman–Crippen MR) is 112 cm³/mol. The van der Waals surface area contributed by atoms with Crippen LogP contribution in [0.15, 0.2) is 43.0 Å². The third kappa shape index (κ3) is 3.21. The Morgan fingerprint density at radius 1 is 1.10 bits per heavy atom. The summed E-state index contributed by atoms with van der Waals surface area (Å²) in [5.74, 6) is 0.479. The Morgan fingerprint density at radius 3 is 2.62 bits per heavy atom. The first kappa shape index (κ1) is 17.7. The van der Waals surface area contributed by atoms with Crippen molar-refractivity contribution in [2.24, 2.45) is 7.05 Å². The van der Waals surface area contributed by atoms with Gasteiger partial charge in [-0.15, -0.1) is 0 Å². The summed E-state index contributed by atoms with van der Waals surface area (Å²) in [5, 5.41) is 9.62. The fourth-order valence-electron chi connectivity index (χ4n) is 3.98. The van der Waals surface area contributed by atoms with Crippen molar-refractivity contribution in [2.75, 3.05) is 36.4 Å². The Bertz CT molecular complexity index is 1050. The zero-order chi connectivity index (χ0) is 19.8. The van der Waals surface area contributed by atoms with Gasteiger partial charge in [-0.1, -0.05) is 0 Å². The zero-order valence-corrected chi connectivity index (χ0v) is 16.3. The highest BCUT2D eigenvalue weighted by Gasteiger charge is 2.28. The number of hydrogen-bond donors (Lipinski definition) is 3. The Balaban J connectivity index is 1.44. The molecule has 0 unspecified atom stereocenters. The van der Waals surface area contributed by atoms with Gasteiger partial charge in [0.15, 0.2) is 0 Å². The average molecular weight is 389 g/mol. The number of piperazine rings is 1. The topological polar surface area (TPSA) is 87.1 Å². The minimum absolute atomic E-state index is 0.101. The monoisotopic (exact) mass is 389 g/mol. The highest BCUT2D eigenvalue weighted by Crippen LogP contribution is 2.33. The Hall–Kier alpha value is -3.39. The van der Waals surface area contributed by atoms with Crippen molar-refractivity contribution in [1.82, 2.24) is 25.2 Å². The number of aryl methyl sites for hydroxylation is 1. The molecule has 1 fully saturated rings. The number of imidazole rings is 1. The van der Waals surface area contributed by atoms with E-state index in [0.29, 0.717) is 17.9 Å². The van der Waals surface area contributed by atoms with Crippen molar-refractivity contribution in [2.45, 2.75) is 6.54 Å². The van der Waals surface area contributed by atoms with E-state index in [9.17, 15) is 4.79 Å². The number of amides is 1. The summed E-state index contributed by atoms with van der Waals surface area (Å²) >= 11 is 0. The van der Waals surface area contributed by atoms with Gasteiger partial charge in [-0.05, 0) is 29.8 Å². The molecule has 148 valence electrons. The van der Waals surface area contributed by atoms with E-state index in [1.165, 1.54) is 5.69 Å². The van der Waals surface area contributed by atoms with Crippen molar-refractivity contribution in [3.8, 4) is 11.3 Å². The molecule has 29 heavy (non-hydrogen) atoms. The number of fused-ring (bicyclic) bond motifs is 1. The highest BCUT2D eigenvalue weighted by molar-refractivity contribution is 6.05. The summed E-state index contributed by atoms with van der Waals surface area (Å²) in [6.45, 7) is 4.53. The Labute approximate surface area is 169 Å². The summed E-state index contributed by atoms with van der Waals surface area (Å²) in [4.78, 5) is 23.6. The van der Waals surface area contributed by atoms with Crippen LogP contribution in [0.2, 0.25) is 0 Å². The lowest BCUT2D eigenvalue weighted by Gasteiger charge is -2.29. The molecule has 2 aliphatic heterocycles. The minimum Gasteiger partial charge on any atom is -0.369 e. The number of nitrogens with zero attached hydrogens (tertiary/aromatic N) is 4. The van der Waals surface area contributed by atoms with Crippen LogP contribution in [0.5, 0.6) is 0 Å². The van der Waals surface area contributed by atoms with Gasteiger partial charge in [0.2, 0.25) is 0 Å². The molecule has 0 saturated carbocycles. The molecule has 8 heteroatoms. The molecule has 0 radical (unpaired) electrons. The number of hydrogen-bond acceptors (Lipinski definition) is 6. The van der Waals surface area contributed by atoms with Crippen molar-refractivity contribution in [3.05, 3.63) is 54.1 Å². The van der Waals surface area contributed by atoms with E-state index < -0.39 is 0 Å². The van der Waals surface area contributed by atoms with Crippen LogP contribution in [0.3, 0.4) is 0 Å². The fraction of sp³-hybridized carbons (Fsp3) is 0.286. The molecular formula is C21H23N7O. The molecule has 0 aliphatic carbocycles. The first-order valence-electron chi connectivity index (χ1n) is 9.80. The number of aromatic nitrogens is 3. The van der Waals surface area contributed by atoms with E-state index in [-0.39, 0.29) is 5.91 Å².